The lowest BCUT2D eigenvalue weighted by Gasteiger charge is -2.06. The first-order valence-electron chi connectivity index (χ1n) is 6.97. The Morgan fingerprint density at radius 2 is 2.04 bits per heavy atom. The fourth-order valence-corrected chi connectivity index (χ4v) is 2.35. The van der Waals surface area contributed by atoms with E-state index in [0.717, 1.165) is 6.07 Å². The molecule has 0 unspecified atom stereocenters. The number of imidazole rings is 1. The van der Waals surface area contributed by atoms with Crippen molar-refractivity contribution in [2.75, 3.05) is 0 Å². The molecule has 0 aliphatic rings. The van der Waals surface area contributed by atoms with Crippen molar-refractivity contribution in [2.24, 2.45) is 0 Å². The Balaban J connectivity index is 2.24. The second kappa shape index (κ2) is 6.08. The summed E-state index contributed by atoms with van der Waals surface area (Å²) < 4.78 is 1.23. The molecule has 26 heavy (non-hydrogen) atoms. The van der Waals surface area contributed by atoms with Crippen LogP contribution in [-0.4, -0.2) is 46.6 Å². The molecule has 0 aliphatic heterocycles. The quantitative estimate of drug-likeness (QED) is 0.427. The lowest BCUT2D eigenvalue weighted by molar-refractivity contribution is -0.384. The monoisotopic (exact) mass is 359 g/mol. The number of aromatic amines is 1. The summed E-state index contributed by atoms with van der Waals surface area (Å²) in [6, 6.07) is 2.25. The second-order valence-electron chi connectivity index (χ2n) is 5.18. The molecule has 0 saturated carbocycles. The summed E-state index contributed by atoms with van der Waals surface area (Å²) >= 11 is 0. The summed E-state index contributed by atoms with van der Waals surface area (Å²) in [6.45, 7) is 0. The third kappa shape index (κ3) is 2.98. The zero-order chi connectivity index (χ0) is 19.0. The van der Waals surface area contributed by atoms with Crippen LogP contribution in [0, 0.1) is 10.1 Å². The highest BCUT2D eigenvalue weighted by molar-refractivity contribution is 5.89. The minimum atomic E-state index is -1.54. The van der Waals surface area contributed by atoms with Crippen LogP contribution in [0.2, 0.25) is 0 Å². The maximum absolute atomic E-state index is 11.7. The number of aromatic nitrogens is 4. The van der Waals surface area contributed by atoms with E-state index in [2.05, 4.69) is 15.0 Å². The predicted molar refractivity (Wildman–Crippen MR) is 84.4 cm³/mol. The molecule has 3 rings (SSSR count). The van der Waals surface area contributed by atoms with E-state index >= 15 is 0 Å². The third-order valence-electron chi connectivity index (χ3n) is 3.43. The number of nitro benzene ring substituents is 1. The highest BCUT2D eigenvalue weighted by Crippen LogP contribution is 2.27. The number of carbonyl (C=O) groups is 2. The number of nitrogens with zero attached hydrogens (tertiary/aromatic N) is 4. The smallest absolute Gasteiger partial charge is 0.360 e. The molecule has 3 aromatic rings. The van der Waals surface area contributed by atoms with Crippen LogP contribution in [-0.2, 0) is 11.2 Å². The van der Waals surface area contributed by atoms with E-state index in [4.69, 9.17) is 10.2 Å². The second-order valence-corrected chi connectivity index (χ2v) is 5.18. The first-order valence-corrected chi connectivity index (χ1v) is 6.97. The van der Waals surface area contributed by atoms with Crippen LogP contribution in [0.3, 0.4) is 0 Å². The van der Waals surface area contributed by atoms with E-state index in [0.29, 0.717) is 0 Å². The fraction of sp³-hybridized carbons (Fsp3) is 0.0714. The number of carboxylic acid groups (broad SMARTS) is 2. The van der Waals surface area contributed by atoms with Crippen LogP contribution < -0.4 is 5.56 Å². The number of nitrogens with one attached hydrogen (secondary N) is 1. The van der Waals surface area contributed by atoms with Crippen molar-refractivity contribution in [3.63, 3.8) is 0 Å². The van der Waals surface area contributed by atoms with Crippen molar-refractivity contribution in [3.05, 3.63) is 56.5 Å². The first-order chi connectivity index (χ1) is 12.3. The van der Waals surface area contributed by atoms with Crippen molar-refractivity contribution in [1.82, 2.24) is 19.5 Å². The number of nitro groups is 1. The Bertz CT molecular complexity index is 1130. The van der Waals surface area contributed by atoms with Crippen LogP contribution >= 0.6 is 0 Å². The summed E-state index contributed by atoms with van der Waals surface area (Å²) in [7, 11) is 0. The van der Waals surface area contributed by atoms with Crippen LogP contribution in [0.1, 0.15) is 16.2 Å². The molecule has 0 amide bonds. The molecule has 0 bridgehead atoms. The minimum absolute atomic E-state index is 0.0103. The first kappa shape index (κ1) is 16.8. The minimum Gasteiger partial charge on any atom is -0.481 e. The van der Waals surface area contributed by atoms with E-state index in [1.54, 1.807) is 0 Å². The van der Waals surface area contributed by atoms with Crippen molar-refractivity contribution in [2.45, 2.75) is 6.42 Å². The van der Waals surface area contributed by atoms with Gasteiger partial charge in [-0.25, -0.2) is 14.8 Å². The predicted octanol–water partition coefficient (Wildman–Crippen LogP) is 0.342. The number of carboxylic acids is 2. The molecule has 0 aliphatic carbocycles. The lowest BCUT2D eigenvalue weighted by Crippen LogP contribution is -2.20. The van der Waals surface area contributed by atoms with Crippen molar-refractivity contribution >= 4 is 28.7 Å². The van der Waals surface area contributed by atoms with Gasteiger partial charge in [-0.3, -0.25) is 24.3 Å². The zero-order valence-corrected chi connectivity index (χ0v) is 12.7. The molecule has 2 aromatic heterocycles. The third-order valence-corrected chi connectivity index (χ3v) is 3.43. The Morgan fingerprint density at radius 1 is 1.31 bits per heavy atom. The van der Waals surface area contributed by atoms with Gasteiger partial charge in [0.25, 0.3) is 11.2 Å². The molecular weight excluding hydrogens is 350 g/mol. The number of hydrogen-bond donors (Lipinski definition) is 3. The van der Waals surface area contributed by atoms with E-state index in [1.807, 2.05) is 0 Å². The Labute approximate surface area is 142 Å². The SMILES string of the molecule is O=C(O)Cc1cn(-c2cc3nc(C(=O)O)c(=O)[nH]c3cc2[N+](=O)[O-])cn1. The van der Waals surface area contributed by atoms with Gasteiger partial charge >= 0.3 is 11.9 Å². The van der Waals surface area contributed by atoms with Crippen LogP contribution in [0.15, 0.2) is 29.5 Å². The summed E-state index contributed by atoms with van der Waals surface area (Å²) in [4.78, 5) is 53.9. The molecule has 0 radical (unpaired) electrons. The van der Waals surface area contributed by atoms with Crippen LogP contribution in [0.4, 0.5) is 5.69 Å². The van der Waals surface area contributed by atoms with E-state index in [1.165, 1.54) is 23.2 Å². The molecule has 132 valence electrons. The summed E-state index contributed by atoms with van der Waals surface area (Å²) in [6.07, 6.45) is 2.12. The number of H-pyrrole nitrogens is 1. The summed E-state index contributed by atoms with van der Waals surface area (Å²) in [5.41, 5.74) is -1.99. The van der Waals surface area contributed by atoms with Gasteiger partial charge in [-0.15, -0.1) is 0 Å². The topological polar surface area (TPSA) is 181 Å². The van der Waals surface area contributed by atoms with Gasteiger partial charge in [0.05, 0.1) is 34.4 Å². The summed E-state index contributed by atoms with van der Waals surface area (Å²) in [5.74, 6) is -2.66. The molecule has 0 spiro atoms. The van der Waals surface area contributed by atoms with E-state index < -0.39 is 33.8 Å². The number of hydrogen-bond acceptors (Lipinski definition) is 7. The number of rotatable bonds is 5. The van der Waals surface area contributed by atoms with Gasteiger partial charge in [-0.2, -0.15) is 0 Å². The Kier molecular flexibility index (Phi) is 3.92. The van der Waals surface area contributed by atoms with Gasteiger partial charge in [-0.1, -0.05) is 0 Å². The molecule has 2 heterocycles. The van der Waals surface area contributed by atoms with Gasteiger partial charge < -0.3 is 15.2 Å². The molecule has 1 aromatic carbocycles. The zero-order valence-electron chi connectivity index (χ0n) is 12.7. The van der Waals surface area contributed by atoms with Gasteiger partial charge in [0.2, 0.25) is 5.69 Å². The molecule has 0 fully saturated rings. The maximum Gasteiger partial charge on any atom is 0.360 e. The maximum atomic E-state index is 11.7. The van der Waals surface area contributed by atoms with Crippen LogP contribution in [0.5, 0.6) is 0 Å². The number of fused-ring (bicyclic) bond motifs is 1. The van der Waals surface area contributed by atoms with Gasteiger partial charge in [0, 0.05) is 12.3 Å². The van der Waals surface area contributed by atoms with E-state index in [-0.39, 0.29) is 28.8 Å². The highest BCUT2D eigenvalue weighted by atomic mass is 16.6. The largest absolute Gasteiger partial charge is 0.481 e. The molecule has 3 N–H and O–H groups in total. The Hall–Kier alpha value is -4.09. The highest BCUT2D eigenvalue weighted by Gasteiger charge is 2.21. The number of benzene rings is 1. The lowest BCUT2D eigenvalue weighted by atomic mass is 10.2. The normalized spacial score (nSPS) is 10.8. The molecule has 0 saturated heterocycles. The van der Waals surface area contributed by atoms with Gasteiger partial charge in [-0.05, 0) is 6.07 Å². The van der Waals surface area contributed by atoms with Crippen molar-refractivity contribution < 1.29 is 24.7 Å². The van der Waals surface area contributed by atoms with Gasteiger partial charge in [0.1, 0.15) is 5.69 Å². The molecule has 0 atom stereocenters. The molecule has 12 nitrogen and oxygen atoms in total. The Morgan fingerprint density at radius 3 is 2.65 bits per heavy atom. The average molecular weight is 359 g/mol. The van der Waals surface area contributed by atoms with Crippen molar-refractivity contribution in [3.8, 4) is 5.69 Å². The van der Waals surface area contributed by atoms with Crippen molar-refractivity contribution in [1.29, 1.82) is 0 Å². The molecule has 12 heteroatoms. The average Bonchev–Trinajstić information content (AvgIpc) is 3.00. The van der Waals surface area contributed by atoms with E-state index in [9.17, 15) is 24.5 Å². The van der Waals surface area contributed by atoms with Gasteiger partial charge in [0.15, 0.2) is 0 Å². The number of aliphatic carboxylic acids is 1. The van der Waals surface area contributed by atoms with Crippen LogP contribution in [0.25, 0.3) is 16.7 Å². The number of aromatic carboxylic acids is 1. The fourth-order valence-electron chi connectivity index (χ4n) is 2.35. The standard InChI is InChI=1S/C14H9N5O7/c20-11(21)1-6-4-18(5-15-6)9-2-7-8(3-10(9)19(25)26)17-13(22)12(16-7)14(23)24/h2-5H,1H2,(H,17,22)(H,20,21)(H,23,24). The molecular formula is C14H9N5O7. The summed E-state index contributed by atoms with van der Waals surface area (Å²) in [5, 5.41) is 29.1.